The average Bonchev–Trinajstić information content (AvgIpc) is 2.53. The quantitative estimate of drug-likeness (QED) is 0.529. The van der Waals surface area contributed by atoms with Crippen LogP contribution in [-0.4, -0.2) is 11.5 Å². The first-order valence-electron chi connectivity index (χ1n) is 4.01. The molecule has 0 aliphatic heterocycles. The molecule has 13 heavy (non-hydrogen) atoms. The van der Waals surface area contributed by atoms with E-state index in [9.17, 15) is 10.1 Å². The van der Waals surface area contributed by atoms with Gasteiger partial charge in [-0.15, -0.1) is 0 Å². The Morgan fingerprint density at radius 3 is 3.08 bits per heavy atom. The topological polar surface area (TPSA) is 56.3 Å². The zero-order chi connectivity index (χ0) is 9.68. The summed E-state index contributed by atoms with van der Waals surface area (Å²) in [7, 11) is 0. The standard InChI is InChI=1S/C9H11NO3/c1-8(4-5-10(11)12)7-9-3-2-6-13-9/h2-3,6-7H,4-5H2,1H3/b8-7+. The fourth-order valence-corrected chi connectivity index (χ4v) is 0.956. The minimum atomic E-state index is -0.320. The second-order valence-corrected chi connectivity index (χ2v) is 2.81. The Morgan fingerprint density at radius 2 is 2.54 bits per heavy atom. The molecule has 0 fully saturated rings. The van der Waals surface area contributed by atoms with Gasteiger partial charge < -0.3 is 4.42 Å². The zero-order valence-electron chi connectivity index (χ0n) is 7.40. The summed E-state index contributed by atoms with van der Waals surface area (Å²) in [4.78, 5) is 9.74. The van der Waals surface area contributed by atoms with E-state index >= 15 is 0 Å². The Bertz CT molecular complexity index is 301. The molecule has 0 saturated heterocycles. The van der Waals surface area contributed by atoms with Crippen LogP contribution in [-0.2, 0) is 0 Å². The second kappa shape index (κ2) is 4.45. The molecule has 0 aliphatic carbocycles. The maximum absolute atomic E-state index is 10.1. The van der Waals surface area contributed by atoms with Crippen molar-refractivity contribution in [3.63, 3.8) is 0 Å². The lowest BCUT2D eigenvalue weighted by Crippen LogP contribution is -2.00. The van der Waals surface area contributed by atoms with Crippen molar-refractivity contribution in [3.05, 3.63) is 39.8 Å². The summed E-state index contributed by atoms with van der Waals surface area (Å²) >= 11 is 0. The molecule has 70 valence electrons. The number of rotatable bonds is 4. The lowest BCUT2D eigenvalue weighted by molar-refractivity contribution is -0.479. The van der Waals surface area contributed by atoms with Gasteiger partial charge in [0, 0.05) is 11.3 Å². The van der Waals surface area contributed by atoms with Crippen molar-refractivity contribution in [1.29, 1.82) is 0 Å². The van der Waals surface area contributed by atoms with Crippen LogP contribution in [0.4, 0.5) is 0 Å². The first-order valence-corrected chi connectivity index (χ1v) is 4.01. The van der Waals surface area contributed by atoms with E-state index in [4.69, 9.17) is 4.42 Å². The summed E-state index contributed by atoms with van der Waals surface area (Å²) in [6.07, 6.45) is 3.85. The highest BCUT2D eigenvalue weighted by Gasteiger charge is 1.99. The lowest BCUT2D eigenvalue weighted by atomic mass is 10.2. The molecule has 1 aromatic heterocycles. The molecule has 0 radical (unpaired) electrons. The van der Waals surface area contributed by atoms with Crippen molar-refractivity contribution in [1.82, 2.24) is 0 Å². The monoisotopic (exact) mass is 181 g/mol. The lowest BCUT2D eigenvalue weighted by Gasteiger charge is -1.94. The fourth-order valence-electron chi connectivity index (χ4n) is 0.956. The van der Waals surface area contributed by atoms with Gasteiger partial charge in [-0.3, -0.25) is 10.1 Å². The third kappa shape index (κ3) is 3.55. The summed E-state index contributed by atoms with van der Waals surface area (Å²) < 4.78 is 5.06. The van der Waals surface area contributed by atoms with E-state index in [0.29, 0.717) is 6.42 Å². The molecule has 0 bridgehead atoms. The van der Waals surface area contributed by atoms with Crippen molar-refractivity contribution in [2.24, 2.45) is 0 Å². The third-order valence-electron chi connectivity index (χ3n) is 1.62. The van der Waals surface area contributed by atoms with Crippen molar-refractivity contribution >= 4 is 6.08 Å². The van der Waals surface area contributed by atoms with Crippen LogP contribution in [0, 0.1) is 10.1 Å². The van der Waals surface area contributed by atoms with E-state index in [1.165, 1.54) is 0 Å². The first-order chi connectivity index (χ1) is 6.18. The molecule has 1 aromatic rings. The van der Waals surface area contributed by atoms with Gasteiger partial charge in [0.25, 0.3) is 0 Å². The number of nitro groups is 1. The van der Waals surface area contributed by atoms with Crippen molar-refractivity contribution in [2.45, 2.75) is 13.3 Å². The maximum Gasteiger partial charge on any atom is 0.207 e. The minimum absolute atomic E-state index is 0.0248. The van der Waals surface area contributed by atoms with E-state index in [1.54, 1.807) is 12.3 Å². The highest BCUT2D eigenvalue weighted by molar-refractivity contribution is 5.46. The summed E-state index contributed by atoms with van der Waals surface area (Å²) in [6.45, 7) is 1.83. The predicted molar refractivity (Wildman–Crippen MR) is 48.8 cm³/mol. The smallest absolute Gasteiger partial charge is 0.207 e. The van der Waals surface area contributed by atoms with Gasteiger partial charge in [0.05, 0.1) is 6.26 Å². The number of furan rings is 1. The summed E-state index contributed by atoms with van der Waals surface area (Å²) in [5, 5.41) is 10.1. The van der Waals surface area contributed by atoms with Crippen LogP contribution >= 0.6 is 0 Å². The Kier molecular flexibility index (Phi) is 3.25. The summed E-state index contributed by atoms with van der Waals surface area (Å²) in [5.74, 6) is 0.737. The van der Waals surface area contributed by atoms with Crippen LogP contribution in [0.3, 0.4) is 0 Å². The zero-order valence-corrected chi connectivity index (χ0v) is 7.40. The van der Waals surface area contributed by atoms with Gasteiger partial charge >= 0.3 is 0 Å². The summed E-state index contributed by atoms with van der Waals surface area (Å²) in [6, 6.07) is 3.60. The van der Waals surface area contributed by atoms with E-state index in [0.717, 1.165) is 11.3 Å². The normalized spacial score (nSPS) is 11.6. The van der Waals surface area contributed by atoms with Gasteiger partial charge in [-0.25, -0.2) is 0 Å². The highest BCUT2D eigenvalue weighted by Crippen LogP contribution is 2.09. The van der Waals surface area contributed by atoms with Gasteiger partial charge in [-0.05, 0) is 25.1 Å². The van der Waals surface area contributed by atoms with Crippen molar-refractivity contribution in [3.8, 4) is 0 Å². The first kappa shape index (κ1) is 9.51. The fraction of sp³-hybridized carbons (Fsp3) is 0.333. The molecule has 1 heterocycles. The molecule has 0 spiro atoms. The van der Waals surface area contributed by atoms with Crippen LogP contribution in [0.2, 0.25) is 0 Å². The SMILES string of the molecule is C/C(=C\c1ccco1)CC[N+](=O)[O-]. The molecular weight excluding hydrogens is 170 g/mol. The van der Waals surface area contributed by atoms with Gasteiger partial charge in [-0.2, -0.15) is 0 Å². The Balaban J connectivity index is 2.47. The van der Waals surface area contributed by atoms with Crippen LogP contribution in [0.15, 0.2) is 28.4 Å². The summed E-state index contributed by atoms with van der Waals surface area (Å²) in [5.41, 5.74) is 0.951. The molecule has 0 unspecified atom stereocenters. The van der Waals surface area contributed by atoms with Crippen molar-refractivity contribution < 1.29 is 9.34 Å². The molecular formula is C9H11NO3. The molecule has 4 nitrogen and oxygen atoms in total. The number of hydrogen-bond acceptors (Lipinski definition) is 3. The van der Waals surface area contributed by atoms with Crippen molar-refractivity contribution in [2.75, 3.05) is 6.54 Å². The van der Waals surface area contributed by atoms with Gasteiger partial charge in [0.1, 0.15) is 5.76 Å². The molecule has 4 heteroatoms. The number of nitrogens with zero attached hydrogens (tertiary/aromatic N) is 1. The predicted octanol–water partition coefficient (Wildman–Crippen LogP) is 2.35. The van der Waals surface area contributed by atoms with E-state index < -0.39 is 0 Å². The molecule has 0 aromatic carbocycles. The molecule has 0 atom stereocenters. The second-order valence-electron chi connectivity index (χ2n) is 2.81. The average molecular weight is 181 g/mol. The largest absolute Gasteiger partial charge is 0.465 e. The van der Waals surface area contributed by atoms with E-state index in [-0.39, 0.29) is 11.5 Å². The van der Waals surface area contributed by atoms with Crippen LogP contribution in [0.25, 0.3) is 6.08 Å². The highest BCUT2D eigenvalue weighted by atomic mass is 16.6. The van der Waals surface area contributed by atoms with Gasteiger partial charge in [-0.1, -0.05) is 5.57 Å². The van der Waals surface area contributed by atoms with Crippen LogP contribution < -0.4 is 0 Å². The van der Waals surface area contributed by atoms with Gasteiger partial charge in [0.2, 0.25) is 6.54 Å². The molecule has 1 rings (SSSR count). The molecule has 0 N–H and O–H groups in total. The molecule has 0 aliphatic rings. The Hall–Kier alpha value is -1.58. The Morgan fingerprint density at radius 1 is 1.77 bits per heavy atom. The Labute approximate surface area is 76.0 Å². The maximum atomic E-state index is 10.1. The van der Waals surface area contributed by atoms with Crippen LogP contribution in [0.5, 0.6) is 0 Å². The minimum Gasteiger partial charge on any atom is -0.465 e. The van der Waals surface area contributed by atoms with Crippen LogP contribution in [0.1, 0.15) is 19.1 Å². The van der Waals surface area contributed by atoms with Gasteiger partial charge in [0.15, 0.2) is 0 Å². The molecule has 0 amide bonds. The third-order valence-corrected chi connectivity index (χ3v) is 1.62. The van der Waals surface area contributed by atoms with E-state index in [1.807, 2.05) is 19.1 Å². The molecule has 0 saturated carbocycles. The van der Waals surface area contributed by atoms with E-state index in [2.05, 4.69) is 0 Å². The number of hydrogen-bond donors (Lipinski definition) is 0.